The first-order valence-electron chi connectivity index (χ1n) is 12.2. The van der Waals surface area contributed by atoms with E-state index in [4.69, 9.17) is 23.2 Å². The summed E-state index contributed by atoms with van der Waals surface area (Å²) in [5, 5.41) is 13.5. The zero-order chi connectivity index (χ0) is 25.7. The van der Waals surface area contributed by atoms with Crippen molar-refractivity contribution in [2.45, 2.75) is 38.6 Å². The minimum atomic E-state index is -0.637. The van der Waals surface area contributed by atoms with Crippen LogP contribution in [0.1, 0.15) is 44.9 Å². The molecule has 37 heavy (non-hydrogen) atoms. The summed E-state index contributed by atoms with van der Waals surface area (Å²) in [6.45, 7) is 5.99. The van der Waals surface area contributed by atoms with Gasteiger partial charge in [0.05, 0.1) is 0 Å². The van der Waals surface area contributed by atoms with Gasteiger partial charge >= 0.3 is 226 Å². The normalized spacial score (nSPS) is 17.0. The number of H-pyrrole nitrogens is 1. The van der Waals surface area contributed by atoms with Crippen molar-refractivity contribution in [2.75, 3.05) is 0 Å². The van der Waals surface area contributed by atoms with Gasteiger partial charge < -0.3 is 0 Å². The first-order chi connectivity index (χ1) is 17.8. The Morgan fingerprint density at radius 2 is 2.00 bits per heavy atom. The number of nitrogens with zero attached hydrogens (tertiary/aromatic N) is 3. The summed E-state index contributed by atoms with van der Waals surface area (Å²) >= 11 is 13.1. The number of benzene rings is 2. The van der Waals surface area contributed by atoms with E-state index in [0.717, 1.165) is 35.3 Å². The zero-order valence-electron chi connectivity index (χ0n) is 20.5. The molecule has 0 radical (unpaired) electrons. The van der Waals surface area contributed by atoms with Gasteiger partial charge in [0, 0.05) is 0 Å². The predicted octanol–water partition coefficient (Wildman–Crippen LogP) is 5.82. The molecule has 1 atom stereocenters. The fourth-order valence-corrected chi connectivity index (χ4v) is 5.90. The fraction of sp³-hybridized carbons (Fsp3) is 0.214. The number of halogens is 2. The second-order valence-electron chi connectivity index (χ2n) is 9.77. The van der Waals surface area contributed by atoms with Gasteiger partial charge in [0.25, 0.3) is 0 Å². The van der Waals surface area contributed by atoms with Crippen LogP contribution >= 0.6 is 23.2 Å². The molecule has 3 heterocycles. The number of carbonyl (C=O) groups is 1. The van der Waals surface area contributed by atoms with Gasteiger partial charge in [0.15, 0.2) is 0 Å². The Bertz CT molecular complexity index is 1680. The molecule has 0 bridgehead atoms. The van der Waals surface area contributed by atoms with Crippen molar-refractivity contribution in [3.8, 4) is 5.69 Å². The Labute approximate surface area is 225 Å². The van der Waals surface area contributed by atoms with Gasteiger partial charge in [-0.3, -0.25) is 0 Å². The van der Waals surface area contributed by atoms with Crippen LogP contribution < -0.4 is 5.32 Å². The van der Waals surface area contributed by atoms with Crippen LogP contribution in [0.3, 0.4) is 0 Å². The van der Waals surface area contributed by atoms with Crippen LogP contribution in [-0.2, 0) is 18.4 Å². The second kappa shape index (κ2) is 9.16. The number of hydrogen-bond donors (Lipinski definition) is 2. The van der Waals surface area contributed by atoms with Crippen molar-refractivity contribution in [3.05, 3.63) is 105 Å². The summed E-state index contributed by atoms with van der Waals surface area (Å²) in [5.41, 5.74) is 6.34. The van der Waals surface area contributed by atoms with Crippen molar-refractivity contribution in [2.24, 2.45) is 0 Å². The van der Waals surface area contributed by atoms with Crippen LogP contribution in [0.25, 0.3) is 16.6 Å². The van der Waals surface area contributed by atoms with Crippen LogP contribution in [0, 0.1) is 13.8 Å². The second-order valence-corrected chi connectivity index (χ2v) is 10.6. The van der Waals surface area contributed by atoms with Crippen LogP contribution in [0.15, 0.2) is 60.8 Å². The third-order valence-corrected chi connectivity index (χ3v) is 7.90. The van der Waals surface area contributed by atoms with Crippen LogP contribution in [0.2, 0.25) is 10.0 Å². The molecule has 2 aromatic carbocycles. The van der Waals surface area contributed by atoms with E-state index in [-0.39, 0.29) is 5.91 Å². The van der Waals surface area contributed by atoms with Gasteiger partial charge in [-0.25, -0.2) is 0 Å². The van der Waals surface area contributed by atoms with E-state index < -0.39 is 5.54 Å². The Morgan fingerprint density at radius 3 is 2.76 bits per heavy atom. The molecule has 184 valence electrons. The molecular formula is C28H24BCl2N5O. The molecule has 1 unspecified atom stereocenters. The average Bonchev–Trinajstić information content (AvgIpc) is 3.46. The number of aromatic nitrogens is 4. The van der Waals surface area contributed by atoms with Gasteiger partial charge in [-0.1, -0.05) is 0 Å². The van der Waals surface area contributed by atoms with Crippen molar-refractivity contribution in [1.82, 2.24) is 25.1 Å². The minimum absolute atomic E-state index is 0.226. The molecule has 0 aliphatic heterocycles. The predicted molar refractivity (Wildman–Crippen MR) is 148 cm³/mol. The van der Waals surface area contributed by atoms with E-state index in [1.54, 1.807) is 18.5 Å². The fourth-order valence-electron chi connectivity index (χ4n) is 5.45. The number of nitrogens with one attached hydrogen (secondary N) is 2. The molecule has 5 aromatic rings. The Hall–Kier alpha value is -3.42. The van der Waals surface area contributed by atoms with Crippen molar-refractivity contribution >= 4 is 46.9 Å². The molecule has 0 saturated carbocycles. The van der Waals surface area contributed by atoms with Gasteiger partial charge in [-0.15, -0.1) is 0 Å². The standard InChI is InChI=1S/C28H24BCl2N5O/c1-16-3-5-20-22-14-28(26-12-18(30)8-10-29-26,9-7-24(22)33-25(20)11-16)34-27(37)21-6-4-19(13-23(21)31)36-15-32-35-17(36)2/h3-6,8,10-13,15,33H,7,9,14H2,1-2H3,(H,34,37). The number of fused-ring (bicyclic) bond motifs is 3. The van der Waals surface area contributed by atoms with Crippen molar-refractivity contribution in [1.29, 1.82) is 0 Å². The van der Waals surface area contributed by atoms with Crippen LogP contribution in [-0.4, -0.2) is 32.6 Å². The summed E-state index contributed by atoms with van der Waals surface area (Å²) in [6, 6.07) is 15.6. The van der Waals surface area contributed by atoms with Crippen molar-refractivity contribution < 1.29 is 4.79 Å². The van der Waals surface area contributed by atoms with Crippen LogP contribution in [0.4, 0.5) is 0 Å². The van der Waals surface area contributed by atoms with Gasteiger partial charge in [0.1, 0.15) is 0 Å². The third-order valence-electron chi connectivity index (χ3n) is 7.35. The molecule has 1 aliphatic rings. The number of carbonyl (C=O) groups excluding carboxylic acids is 1. The molecule has 9 heteroatoms. The first kappa shape index (κ1) is 24.0. The molecule has 0 fully saturated rings. The topological polar surface area (TPSA) is 75.6 Å². The van der Waals surface area contributed by atoms with E-state index >= 15 is 0 Å². The van der Waals surface area contributed by atoms with E-state index in [2.05, 4.69) is 45.6 Å². The molecule has 2 N–H and O–H groups in total. The SMILES string of the molecule is Cc1ccc2c3c([nH]c2c1)CCC(NC(=O)c1ccc(-n2cnnc2C)cc1Cl)(c1bccc(Cl)c1)C3. The quantitative estimate of drug-likeness (QED) is 0.309. The molecule has 1 aliphatic carbocycles. The van der Waals surface area contributed by atoms with E-state index in [9.17, 15) is 4.79 Å². The molecular weight excluding hydrogens is 504 g/mol. The number of amides is 1. The average molecular weight is 528 g/mol. The number of aryl methyl sites for hydroxylation is 3. The van der Waals surface area contributed by atoms with E-state index in [0.29, 0.717) is 22.0 Å². The Kier molecular flexibility index (Phi) is 5.93. The number of hydrogen-bond acceptors (Lipinski definition) is 3. The summed E-state index contributed by atoms with van der Waals surface area (Å²) in [5.74, 6) is 2.44. The first-order valence-corrected chi connectivity index (χ1v) is 12.9. The van der Waals surface area contributed by atoms with Gasteiger partial charge in [0.2, 0.25) is 0 Å². The number of rotatable bonds is 4. The van der Waals surface area contributed by atoms with Crippen molar-refractivity contribution in [3.63, 3.8) is 0 Å². The van der Waals surface area contributed by atoms with E-state index in [1.165, 1.54) is 22.2 Å². The maximum atomic E-state index is 13.8. The van der Waals surface area contributed by atoms with Gasteiger partial charge in [-0.2, -0.15) is 0 Å². The molecule has 1 amide bonds. The third kappa shape index (κ3) is 4.26. The number of aromatic amines is 1. The molecule has 3 aromatic heterocycles. The molecule has 6 nitrogen and oxygen atoms in total. The monoisotopic (exact) mass is 527 g/mol. The zero-order valence-corrected chi connectivity index (χ0v) is 22.0. The summed E-state index contributed by atoms with van der Waals surface area (Å²) < 4.78 is 1.82. The summed E-state index contributed by atoms with van der Waals surface area (Å²) in [7, 11) is 0. The van der Waals surface area contributed by atoms with E-state index in [1.807, 2.05) is 42.6 Å². The molecule has 0 saturated heterocycles. The Balaban J connectivity index is 1.39. The summed E-state index contributed by atoms with van der Waals surface area (Å²) in [4.78, 5) is 17.4. The Morgan fingerprint density at radius 1 is 1.14 bits per heavy atom. The van der Waals surface area contributed by atoms with Gasteiger partial charge in [-0.05, 0) is 0 Å². The summed E-state index contributed by atoms with van der Waals surface area (Å²) in [6.07, 6.45) is 3.80. The van der Waals surface area contributed by atoms with Crippen LogP contribution in [0.5, 0.6) is 0 Å². The molecule has 6 rings (SSSR count). The molecule has 0 spiro atoms. The maximum absolute atomic E-state index is 13.8.